The van der Waals surface area contributed by atoms with Crippen LogP contribution >= 0.6 is 11.6 Å². The summed E-state index contributed by atoms with van der Waals surface area (Å²) in [6.45, 7) is 10.1. The highest BCUT2D eigenvalue weighted by atomic mass is 35.5. The van der Waals surface area contributed by atoms with E-state index < -0.39 is 6.04 Å². The average molecular weight is 324 g/mol. The first-order valence-corrected chi connectivity index (χ1v) is 8.16. The number of carbonyl (C=O) groups excluding carboxylic acids is 1. The minimum absolute atomic E-state index is 0.0647. The zero-order valence-electron chi connectivity index (χ0n) is 13.7. The fourth-order valence-electron chi connectivity index (χ4n) is 2.59. The highest BCUT2D eigenvalue weighted by Crippen LogP contribution is 2.20. The molecule has 1 atom stereocenters. The third kappa shape index (κ3) is 4.45. The van der Waals surface area contributed by atoms with Gasteiger partial charge in [0.05, 0.1) is 6.04 Å². The third-order valence-electron chi connectivity index (χ3n) is 4.18. The molecule has 0 saturated carbocycles. The van der Waals surface area contributed by atoms with Crippen LogP contribution in [0.25, 0.3) is 0 Å². The Morgan fingerprint density at radius 1 is 1.27 bits per heavy atom. The van der Waals surface area contributed by atoms with Gasteiger partial charge in [0.2, 0.25) is 5.91 Å². The molecule has 4 nitrogen and oxygen atoms in total. The molecule has 1 heterocycles. The second kappa shape index (κ2) is 6.99. The van der Waals surface area contributed by atoms with Crippen LogP contribution in [-0.4, -0.2) is 47.9 Å². The summed E-state index contributed by atoms with van der Waals surface area (Å²) < 4.78 is 0. The lowest BCUT2D eigenvalue weighted by Gasteiger charge is -2.38. The lowest BCUT2D eigenvalue weighted by molar-refractivity contribution is -0.136. The Labute approximate surface area is 138 Å². The van der Waals surface area contributed by atoms with Crippen LogP contribution in [0.1, 0.15) is 26.3 Å². The minimum atomic E-state index is -0.438. The number of amides is 1. The van der Waals surface area contributed by atoms with Gasteiger partial charge < -0.3 is 10.6 Å². The molecule has 1 aliphatic rings. The second-order valence-corrected chi connectivity index (χ2v) is 7.51. The molecule has 1 amide bonds. The van der Waals surface area contributed by atoms with Crippen LogP contribution in [0.4, 0.5) is 0 Å². The van der Waals surface area contributed by atoms with Gasteiger partial charge in [0.15, 0.2) is 0 Å². The smallest absolute Gasteiger partial charge is 0.240 e. The van der Waals surface area contributed by atoms with Gasteiger partial charge >= 0.3 is 0 Å². The van der Waals surface area contributed by atoms with Crippen molar-refractivity contribution >= 4 is 17.5 Å². The molecule has 0 spiro atoms. The molecule has 1 fully saturated rings. The summed E-state index contributed by atoms with van der Waals surface area (Å²) in [7, 11) is 0. The molecule has 1 aromatic rings. The predicted molar refractivity (Wildman–Crippen MR) is 90.7 cm³/mol. The number of hydrogen-bond donors (Lipinski definition) is 1. The standard InChI is InChI=1S/C17H26ClN3O/c1-17(2,3)15(19)16(22)21-9-7-20(8-10-21)12-13-5-4-6-14(18)11-13/h4-6,11,15H,7-10,12,19H2,1-3H3/t15-/m1/s1. The Hall–Kier alpha value is -1.10. The summed E-state index contributed by atoms with van der Waals surface area (Å²) in [5.41, 5.74) is 7.09. The van der Waals surface area contributed by atoms with E-state index in [0.717, 1.165) is 37.7 Å². The van der Waals surface area contributed by atoms with E-state index in [-0.39, 0.29) is 11.3 Å². The van der Waals surface area contributed by atoms with Gasteiger partial charge in [-0.25, -0.2) is 0 Å². The van der Waals surface area contributed by atoms with E-state index in [4.69, 9.17) is 17.3 Å². The van der Waals surface area contributed by atoms with E-state index in [1.54, 1.807) is 0 Å². The summed E-state index contributed by atoms with van der Waals surface area (Å²) in [5, 5.41) is 0.766. The number of halogens is 1. The van der Waals surface area contributed by atoms with Crippen molar-refractivity contribution in [1.82, 2.24) is 9.80 Å². The number of benzene rings is 1. The van der Waals surface area contributed by atoms with E-state index in [0.29, 0.717) is 0 Å². The Kier molecular flexibility index (Phi) is 5.48. The van der Waals surface area contributed by atoms with Crippen LogP contribution in [0.5, 0.6) is 0 Å². The van der Waals surface area contributed by atoms with Gasteiger partial charge in [-0.3, -0.25) is 9.69 Å². The predicted octanol–water partition coefficient (Wildman–Crippen LogP) is 2.36. The fourth-order valence-corrected chi connectivity index (χ4v) is 2.80. The molecule has 2 N–H and O–H groups in total. The molecule has 5 heteroatoms. The maximum Gasteiger partial charge on any atom is 0.240 e. The van der Waals surface area contributed by atoms with E-state index >= 15 is 0 Å². The molecular weight excluding hydrogens is 298 g/mol. The van der Waals surface area contributed by atoms with Gasteiger partial charge in [0, 0.05) is 37.7 Å². The van der Waals surface area contributed by atoms with E-state index in [9.17, 15) is 4.79 Å². The summed E-state index contributed by atoms with van der Waals surface area (Å²) in [6.07, 6.45) is 0. The van der Waals surface area contributed by atoms with Crippen molar-refractivity contribution in [3.63, 3.8) is 0 Å². The molecule has 0 radical (unpaired) electrons. The number of hydrogen-bond acceptors (Lipinski definition) is 3. The van der Waals surface area contributed by atoms with Crippen LogP contribution in [-0.2, 0) is 11.3 Å². The molecule has 0 bridgehead atoms. The van der Waals surface area contributed by atoms with Crippen LogP contribution in [0.2, 0.25) is 5.02 Å². The van der Waals surface area contributed by atoms with Crippen LogP contribution in [0.15, 0.2) is 24.3 Å². The molecular formula is C17H26ClN3O. The summed E-state index contributed by atoms with van der Waals surface area (Å²) in [5.74, 6) is 0.0647. The van der Waals surface area contributed by atoms with Crippen molar-refractivity contribution in [3.8, 4) is 0 Å². The number of nitrogens with two attached hydrogens (primary N) is 1. The molecule has 1 aliphatic heterocycles. The quantitative estimate of drug-likeness (QED) is 0.929. The summed E-state index contributed by atoms with van der Waals surface area (Å²) >= 11 is 6.02. The number of piperazine rings is 1. The van der Waals surface area contributed by atoms with E-state index in [1.807, 2.05) is 43.9 Å². The first kappa shape index (κ1) is 17.3. The molecule has 1 aromatic carbocycles. The topological polar surface area (TPSA) is 49.6 Å². The molecule has 122 valence electrons. The van der Waals surface area contributed by atoms with Crippen molar-refractivity contribution in [2.24, 2.45) is 11.1 Å². The van der Waals surface area contributed by atoms with Crippen molar-refractivity contribution in [3.05, 3.63) is 34.9 Å². The van der Waals surface area contributed by atoms with E-state index in [1.165, 1.54) is 5.56 Å². The van der Waals surface area contributed by atoms with E-state index in [2.05, 4.69) is 11.0 Å². The highest BCUT2D eigenvalue weighted by molar-refractivity contribution is 6.30. The highest BCUT2D eigenvalue weighted by Gasteiger charge is 2.32. The van der Waals surface area contributed by atoms with Gasteiger partial charge in [-0.2, -0.15) is 0 Å². The first-order valence-electron chi connectivity index (χ1n) is 7.78. The summed E-state index contributed by atoms with van der Waals surface area (Å²) in [6, 6.07) is 7.50. The van der Waals surface area contributed by atoms with Crippen LogP contribution < -0.4 is 5.73 Å². The molecule has 1 saturated heterocycles. The monoisotopic (exact) mass is 323 g/mol. The molecule has 0 aromatic heterocycles. The third-order valence-corrected chi connectivity index (χ3v) is 4.41. The summed E-state index contributed by atoms with van der Waals surface area (Å²) in [4.78, 5) is 16.7. The Morgan fingerprint density at radius 2 is 1.91 bits per heavy atom. The average Bonchev–Trinajstić information content (AvgIpc) is 2.45. The van der Waals surface area contributed by atoms with Crippen molar-refractivity contribution in [1.29, 1.82) is 0 Å². The Balaban J connectivity index is 1.87. The normalized spacial score (nSPS) is 18.3. The van der Waals surface area contributed by atoms with Gasteiger partial charge in [-0.15, -0.1) is 0 Å². The fraction of sp³-hybridized carbons (Fsp3) is 0.588. The molecule has 0 aliphatic carbocycles. The lowest BCUT2D eigenvalue weighted by atomic mass is 9.86. The molecule has 22 heavy (non-hydrogen) atoms. The van der Waals surface area contributed by atoms with Crippen LogP contribution in [0.3, 0.4) is 0 Å². The maximum absolute atomic E-state index is 12.4. The van der Waals surface area contributed by atoms with Crippen molar-refractivity contribution in [2.75, 3.05) is 26.2 Å². The van der Waals surface area contributed by atoms with Crippen molar-refractivity contribution < 1.29 is 4.79 Å². The minimum Gasteiger partial charge on any atom is -0.339 e. The Bertz CT molecular complexity index is 519. The van der Waals surface area contributed by atoms with Crippen LogP contribution in [0, 0.1) is 5.41 Å². The van der Waals surface area contributed by atoms with Gasteiger partial charge in [-0.1, -0.05) is 44.5 Å². The number of rotatable bonds is 3. The van der Waals surface area contributed by atoms with Crippen molar-refractivity contribution in [2.45, 2.75) is 33.4 Å². The van der Waals surface area contributed by atoms with Gasteiger partial charge in [-0.05, 0) is 23.1 Å². The second-order valence-electron chi connectivity index (χ2n) is 7.08. The molecule has 2 rings (SSSR count). The maximum atomic E-state index is 12.4. The Morgan fingerprint density at radius 3 is 2.45 bits per heavy atom. The zero-order chi connectivity index (χ0) is 16.3. The number of carbonyl (C=O) groups is 1. The lowest BCUT2D eigenvalue weighted by Crippen LogP contribution is -2.56. The van der Waals surface area contributed by atoms with Gasteiger partial charge in [0.1, 0.15) is 0 Å². The van der Waals surface area contributed by atoms with Gasteiger partial charge in [0.25, 0.3) is 0 Å². The number of nitrogens with zero attached hydrogens (tertiary/aromatic N) is 2. The first-order chi connectivity index (χ1) is 10.3. The zero-order valence-corrected chi connectivity index (χ0v) is 14.4. The largest absolute Gasteiger partial charge is 0.339 e. The SMILES string of the molecule is CC(C)(C)[C@H](N)C(=O)N1CCN(Cc2cccc(Cl)c2)CC1. The molecule has 0 unspecified atom stereocenters.